The van der Waals surface area contributed by atoms with Crippen LogP contribution in [0.2, 0.25) is 0 Å². The Labute approximate surface area is 165 Å². The quantitative estimate of drug-likeness (QED) is 0.539. The Kier molecular flexibility index (Phi) is 7.26. The van der Waals surface area contributed by atoms with Gasteiger partial charge < -0.3 is 19.5 Å². The highest BCUT2D eigenvalue weighted by atomic mass is 16.5. The van der Waals surface area contributed by atoms with Crippen molar-refractivity contribution in [2.75, 3.05) is 33.2 Å². The van der Waals surface area contributed by atoms with E-state index in [1.165, 1.54) is 26.0 Å². The molecule has 0 aliphatic carbocycles. The third kappa shape index (κ3) is 4.94. The van der Waals surface area contributed by atoms with Gasteiger partial charge in [0.15, 0.2) is 11.5 Å². The minimum atomic E-state index is -0.255. The average molecular weight is 385 g/mol. The number of amides is 1. The minimum absolute atomic E-state index is 0.116. The molecule has 0 aliphatic rings. The van der Waals surface area contributed by atoms with E-state index in [-0.39, 0.29) is 12.5 Å². The second-order valence-corrected chi connectivity index (χ2v) is 6.34. The van der Waals surface area contributed by atoms with Gasteiger partial charge in [0.05, 0.1) is 34.1 Å². The highest BCUT2D eigenvalue weighted by Crippen LogP contribution is 2.38. The molecule has 2 rings (SSSR count). The maximum absolute atomic E-state index is 12.1. The fraction of sp³-hybridized carbons (Fsp3) is 0.333. The molecule has 7 heteroatoms. The minimum Gasteiger partial charge on any atom is -0.493 e. The maximum Gasteiger partial charge on any atom is 0.259 e. The van der Waals surface area contributed by atoms with E-state index < -0.39 is 0 Å². The monoisotopic (exact) mass is 385 g/mol. The van der Waals surface area contributed by atoms with Crippen LogP contribution in [0.15, 0.2) is 29.4 Å². The third-order valence-corrected chi connectivity index (χ3v) is 4.23. The normalized spacial score (nSPS) is 10.6. The Morgan fingerprint density at radius 3 is 2.21 bits per heavy atom. The molecule has 0 bridgehead atoms. The van der Waals surface area contributed by atoms with E-state index >= 15 is 0 Å². The van der Waals surface area contributed by atoms with Crippen molar-refractivity contribution in [2.45, 2.75) is 20.8 Å². The molecule has 0 spiro atoms. The molecule has 2 aromatic carbocycles. The number of nitrogens with one attached hydrogen (secondary N) is 2. The van der Waals surface area contributed by atoms with Crippen molar-refractivity contribution in [2.24, 2.45) is 5.10 Å². The number of hydrazone groups is 1. The van der Waals surface area contributed by atoms with Crippen LogP contribution in [-0.4, -0.2) is 40.0 Å². The lowest BCUT2D eigenvalue weighted by Crippen LogP contribution is -2.26. The largest absolute Gasteiger partial charge is 0.493 e. The summed E-state index contributed by atoms with van der Waals surface area (Å²) in [4.78, 5) is 12.1. The van der Waals surface area contributed by atoms with Crippen LogP contribution >= 0.6 is 0 Å². The molecule has 7 nitrogen and oxygen atoms in total. The first-order chi connectivity index (χ1) is 13.4. The molecule has 0 atom stereocenters. The van der Waals surface area contributed by atoms with Gasteiger partial charge in [0, 0.05) is 11.3 Å². The predicted octanol–water partition coefficient (Wildman–Crippen LogP) is 3.20. The van der Waals surface area contributed by atoms with E-state index in [0.717, 1.165) is 16.8 Å². The zero-order chi connectivity index (χ0) is 20.7. The molecule has 1 amide bonds. The lowest BCUT2D eigenvalue weighted by atomic mass is 10.1. The summed E-state index contributed by atoms with van der Waals surface area (Å²) in [7, 11) is 4.61. The number of ether oxygens (including phenoxy) is 3. The molecule has 150 valence electrons. The number of anilines is 1. The maximum atomic E-state index is 12.1. The summed E-state index contributed by atoms with van der Waals surface area (Å²) in [6.07, 6.45) is 1.50. The molecule has 0 fully saturated rings. The molecule has 0 saturated heterocycles. The summed E-state index contributed by atoms with van der Waals surface area (Å²) < 4.78 is 16.0. The molecule has 2 N–H and O–H groups in total. The van der Waals surface area contributed by atoms with Crippen molar-refractivity contribution < 1.29 is 19.0 Å². The highest BCUT2D eigenvalue weighted by Gasteiger charge is 2.14. The van der Waals surface area contributed by atoms with Crippen molar-refractivity contribution in [3.8, 4) is 17.2 Å². The molecule has 2 aromatic rings. The number of methoxy groups -OCH3 is 3. The van der Waals surface area contributed by atoms with Gasteiger partial charge in [-0.05, 0) is 44.0 Å². The molecule has 0 radical (unpaired) electrons. The number of carbonyl (C=O) groups excluding carboxylic acids is 1. The van der Waals surface area contributed by atoms with E-state index in [9.17, 15) is 4.79 Å². The SMILES string of the molecule is COc1ccc(/C=N\NC(=O)CNc2c(C)cc(C)cc2C)c(OC)c1OC. The Morgan fingerprint density at radius 1 is 1.00 bits per heavy atom. The van der Waals surface area contributed by atoms with Crippen LogP contribution in [0.4, 0.5) is 5.69 Å². The van der Waals surface area contributed by atoms with Crippen LogP contribution in [0.1, 0.15) is 22.3 Å². The smallest absolute Gasteiger partial charge is 0.259 e. The first-order valence-electron chi connectivity index (χ1n) is 8.83. The third-order valence-electron chi connectivity index (χ3n) is 4.23. The number of aryl methyl sites for hydroxylation is 3. The Morgan fingerprint density at radius 2 is 1.64 bits per heavy atom. The molecular formula is C21H27N3O4. The molecule has 0 heterocycles. The van der Waals surface area contributed by atoms with Gasteiger partial charge in [0.2, 0.25) is 5.75 Å². The first-order valence-corrected chi connectivity index (χ1v) is 8.83. The zero-order valence-corrected chi connectivity index (χ0v) is 17.2. The van der Waals surface area contributed by atoms with Gasteiger partial charge >= 0.3 is 0 Å². The van der Waals surface area contributed by atoms with Crippen LogP contribution in [-0.2, 0) is 4.79 Å². The van der Waals surface area contributed by atoms with Crippen LogP contribution in [0.3, 0.4) is 0 Å². The van der Waals surface area contributed by atoms with Crippen molar-refractivity contribution in [3.05, 3.63) is 46.5 Å². The van der Waals surface area contributed by atoms with Gasteiger partial charge in [0.1, 0.15) is 0 Å². The fourth-order valence-electron chi connectivity index (χ4n) is 3.07. The fourth-order valence-corrected chi connectivity index (χ4v) is 3.07. The van der Waals surface area contributed by atoms with Gasteiger partial charge in [0.25, 0.3) is 5.91 Å². The zero-order valence-electron chi connectivity index (χ0n) is 17.2. The lowest BCUT2D eigenvalue weighted by Gasteiger charge is -2.14. The lowest BCUT2D eigenvalue weighted by molar-refractivity contribution is -0.119. The number of nitrogens with zero attached hydrogens (tertiary/aromatic N) is 1. The topological polar surface area (TPSA) is 81.2 Å². The summed E-state index contributed by atoms with van der Waals surface area (Å²) in [5, 5.41) is 7.18. The van der Waals surface area contributed by atoms with E-state index in [1.807, 2.05) is 20.8 Å². The molecule has 0 unspecified atom stereocenters. The Bertz CT molecular complexity index is 855. The van der Waals surface area contributed by atoms with Crippen molar-refractivity contribution in [1.29, 1.82) is 0 Å². The summed E-state index contributed by atoms with van der Waals surface area (Å²) in [6, 6.07) is 7.67. The van der Waals surface area contributed by atoms with Crippen LogP contribution < -0.4 is 25.0 Å². The second kappa shape index (κ2) is 9.64. The van der Waals surface area contributed by atoms with Crippen molar-refractivity contribution in [3.63, 3.8) is 0 Å². The van der Waals surface area contributed by atoms with Crippen LogP contribution in [0, 0.1) is 20.8 Å². The Balaban J connectivity index is 2.02. The van der Waals surface area contributed by atoms with E-state index in [0.29, 0.717) is 22.8 Å². The summed E-state index contributed by atoms with van der Waals surface area (Å²) >= 11 is 0. The molecule has 0 aromatic heterocycles. The number of hydrogen-bond donors (Lipinski definition) is 2. The predicted molar refractivity (Wildman–Crippen MR) is 111 cm³/mol. The van der Waals surface area contributed by atoms with Gasteiger partial charge in [-0.15, -0.1) is 0 Å². The van der Waals surface area contributed by atoms with Crippen LogP contribution in [0.25, 0.3) is 0 Å². The molecular weight excluding hydrogens is 358 g/mol. The number of rotatable bonds is 8. The van der Waals surface area contributed by atoms with E-state index in [4.69, 9.17) is 14.2 Å². The molecule has 0 aliphatic heterocycles. The summed E-state index contributed by atoms with van der Waals surface area (Å²) in [5.74, 6) is 1.24. The first kappa shape index (κ1) is 21.1. The molecule has 28 heavy (non-hydrogen) atoms. The average Bonchev–Trinajstić information content (AvgIpc) is 2.66. The van der Waals surface area contributed by atoms with Gasteiger partial charge in [-0.2, -0.15) is 5.10 Å². The van der Waals surface area contributed by atoms with Crippen molar-refractivity contribution in [1.82, 2.24) is 5.43 Å². The number of benzene rings is 2. The van der Waals surface area contributed by atoms with Gasteiger partial charge in [-0.3, -0.25) is 4.79 Å². The number of hydrogen-bond acceptors (Lipinski definition) is 6. The van der Waals surface area contributed by atoms with Crippen molar-refractivity contribution >= 4 is 17.8 Å². The standard InChI is InChI=1S/C21H27N3O4/c1-13-9-14(2)19(15(3)10-13)22-12-18(25)24-23-11-16-7-8-17(26-4)21(28-6)20(16)27-5/h7-11,22H,12H2,1-6H3,(H,24,25)/b23-11-. The highest BCUT2D eigenvalue weighted by molar-refractivity contribution is 5.88. The number of carbonyl (C=O) groups is 1. The van der Waals surface area contributed by atoms with Gasteiger partial charge in [-0.1, -0.05) is 17.7 Å². The van der Waals surface area contributed by atoms with E-state index in [1.54, 1.807) is 19.2 Å². The Hall–Kier alpha value is -3.22. The van der Waals surface area contributed by atoms with Gasteiger partial charge in [-0.25, -0.2) is 5.43 Å². The van der Waals surface area contributed by atoms with Crippen LogP contribution in [0.5, 0.6) is 17.2 Å². The summed E-state index contributed by atoms with van der Waals surface area (Å²) in [5.41, 5.74) is 7.52. The van der Waals surface area contributed by atoms with E-state index in [2.05, 4.69) is 28.0 Å². The molecule has 0 saturated carbocycles. The summed E-state index contributed by atoms with van der Waals surface area (Å²) in [6.45, 7) is 6.20. The second-order valence-electron chi connectivity index (χ2n) is 6.34.